The molecule has 1 aliphatic rings. The van der Waals surface area contributed by atoms with E-state index < -0.39 is 0 Å². The SMILES string of the molecule is O=C(Cc1c[nH]c2ccccc12)Nc1ccc(N2CCN(c3ccccc3)CC2)nc1. The van der Waals surface area contributed by atoms with Gasteiger partial charge >= 0.3 is 0 Å². The highest BCUT2D eigenvalue weighted by molar-refractivity contribution is 5.95. The number of hydrogen-bond acceptors (Lipinski definition) is 4. The molecule has 1 fully saturated rings. The van der Waals surface area contributed by atoms with Crippen LogP contribution in [0.4, 0.5) is 17.2 Å². The minimum atomic E-state index is -0.0456. The van der Waals surface area contributed by atoms with Crippen molar-refractivity contribution in [1.82, 2.24) is 9.97 Å². The number of fused-ring (bicyclic) bond motifs is 1. The van der Waals surface area contributed by atoms with E-state index in [1.807, 2.05) is 48.7 Å². The standard InChI is InChI=1S/C25H25N5O/c31-25(16-19-17-26-23-9-5-4-8-22(19)23)28-20-10-11-24(27-18-20)30-14-12-29(13-15-30)21-6-2-1-3-7-21/h1-11,17-18,26H,12-16H2,(H,28,31). The summed E-state index contributed by atoms with van der Waals surface area (Å²) >= 11 is 0. The minimum Gasteiger partial charge on any atom is -0.368 e. The predicted molar refractivity (Wildman–Crippen MR) is 126 cm³/mol. The van der Waals surface area contributed by atoms with Crippen molar-refractivity contribution in [2.45, 2.75) is 6.42 Å². The van der Waals surface area contributed by atoms with Crippen LogP contribution in [0.5, 0.6) is 0 Å². The minimum absolute atomic E-state index is 0.0456. The number of pyridine rings is 1. The van der Waals surface area contributed by atoms with E-state index >= 15 is 0 Å². The van der Waals surface area contributed by atoms with E-state index in [4.69, 9.17) is 0 Å². The van der Waals surface area contributed by atoms with Crippen LogP contribution in [-0.2, 0) is 11.2 Å². The Morgan fingerprint density at radius 1 is 0.903 bits per heavy atom. The first-order chi connectivity index (χ1) is 15.3. The summed E-state index contributed by atoms with van der Waals surface area (Å²) < 4.78 is 0. The molecule has 1 amide bonds. The van der Waals surface area contributed by atoms with Gasteiger partial charge in [0.25, 0.3) is 0 Å². The van der Waals surface area contributed by atoms with E-state index in [0.717, 1.165) is 54.2 Å². The van der Waals surface area contributed by atoms with Crippen LogP contribution in [0.1, 0.15) is 5.56 Å². The van der Waals surface area contributed by atoms with Gasteiger partial charge in [0, 0.05) is 49.0 Å². The van der Waals surface area contributed by atoms with Crippen LogP contribution in [0.3, 0.4) is 0 Å². The van der Waals surface area contributed by atoms with E-state index in [2.05, 4.69) is 49.4 Å². The van der Waals surface area contributed by atoms with Gasteiger partial charge in [0.1, 0.15) is 5.82 Å². The number of rotatable bonds is 5. The van der Waals surface area contributed by atoms with Crippen molar-refractivity contribution >= 4 is 34.0 Å². The van der Waals surface area contributed by atoms with Crippen LogP contribution in [0, 0.1) is 0 Å². The van der Waals surface area contributed by atoms with Crippen molar-refractivity contribution in [3.05, 3.63) is 84.7 Å². The van der Waals surface area contributed by atoms with Crippen molar-refractivity contribution < 1.29 is 4.79 Å². The zero-order chi connectivity index (χ0) is 21.0. The number of nitrogens with zero attached hydrogens (tertiary/aromatic N) is 3. The fourth-order valence-corrected chi connectivity index (χ4v) is 4.14. The highest BCUT2D eigenvalue weighted by Crippen LogP contribution is 2.21. The average molecular weight is 412 g/mol. The molecule has 0 saturated carbocycles. The summed E-state index contributed by atoms with van der Waals surface area (Å²) in [5.41, 5.74) is 4.03. The molecule has 2 aromatic heterocycles. The first-order valence-corrected chi connectivity index (χ1v) is 10.6. The first-order valence-electron chi connectivity index (χ1n) is 10.6. The van der Waals surface area contributed by atoms with Gasteiger partial charge in [-0.2, -0.15) is 0 Å². The number of piperazine rings is 1. The maximum atomic E-state index is 12.5. The van der Waals surface area contributed by atoms with Gasteiger partial charge in [0.05, 0.1) is 18.3 Å². The van der Waals surface area contributed by atoms with Gasteiger partial charge in [-0.3, -0.25) is 4.79 Å². The number of benzene rings is 2. The fourth-order valence-electron chi connectivity index (χ4n) is 4.14. The Bertz CT molecular complexity index is 1160. The number of amides is 1. The third kappa shape index (κ3) is 4.23. The lowest BCUT2D eigenvalue weighted by Gasteiger charge is -2.36. The monoisotopic (exact) mass is 411 g/mol. The molecule has 0 spiro atoms. The van der Waals surface area contributed by atoms with Gasteiger partial charge in [-0.25, -0.2) is 4.98 Å². The molecule has 1 saturated heterocycles. The van der Waals surface area contributed by atoms with Crippen molar-refractivity contribution in [1.29, 1.82) is 0 Å². The highest BCUT2D eigenvalue weighted by Gasteiger charge is 2.18. The van der Waals surface area contributed by atoms with Gasteiger partial charge in [-0.15, -0.1) is 0 Å². The second-order valence-electron chi connectivity index (χ2n) is 7.80. The van der Waals surface area contributed by atoms with E-state index in [-0.39, 0.29) is 5.91 Å². The van der Waals surface area contributed by atoms with Crippen molar-refractivity contribution in [2.24, 2.45) is 0 Å². The van der Waals surface area contributed by atoms with Crippen LogP contribution in [-0.4, -0.2) is 42.1 Å². The Kier molecular flexibility index (Phi) is 5.27. The summed E-state index contributed by atoms with van der Waals surface area (Å²) in [6, 6.07) is 22.4. The van der Waals surface area contributed by atoms with Gasteiger partial charge in [0.15, 0.2) is 0 Å². The number of aromatic amines is 1. The second kappa shape index (κ2) is 8.52. The molecule has 4 aromatic rings. The van der Waals surface area contributed by atoms with Gasteiger partial charge < -0.3 is 20.1 Å². The average Bonchev–Trinajstić information content (AvgIpc) is 3.23. The molecule has 5 rings (SSSR count). The molecule has 0 unspecified atom stereocenters. The summed E-state index contributed by atoms with van der Waals surface area (Å²) in [4.78, 5) is 25.0. The Labute approximate surface area is 181 Å². The molecule has 0 aliphatic carbocycles. The molecule has 6 nitrogen and oxygen atoms in total. The predicted octanol–water partition coefficient (Wildman–Crippen LogP) is 4.07. The van der Waals surface area contributed by atoms with Crippen molar-refractivity contribution in [2.75, 3.05) is 41.3 Å². The van der Waals surface area contributed by atoms with Gasteiger partial charge in [-0.05, 0) is 35.9 Å². The molecular formula is C25H25N5O. The maximum Gasteiger partial charge on any atom is 0.228 e. The van der Waals surface area contributed by atoms with Crippen LogP contribution < -0.4 is 15.1 Å². The topological polar surface area (TPSA) is 64.3 Å². The first kappa shape index (κ1) is 19.2. The summed E-state index contributed by atoms with van der Waals surface area (Å²) in [6.07, 6.45) is 3.97. The lowest BCUT2D eigenvalue weighted by atomic mass is 10.1. The largest absolute Gasteiger partial charge is 0.368 e. The van der Waals surface area contributed by atoms with E-state index in [1.54, 1.807) is 6.20 Å². The number of aromatic nitrogens is 2. The number of H-pyrrole nitrogens is 1. The fraction of sp³-hybridized carbons (Fsp3) is 0.200. The molecule has 0 atom stereocenters. The smallest absolute Gasteiger partial charge is 0.228 e. The Balaban J connectivity index is 1.17. The quantitative estimate of drug-likeness (QED) is 0.520. The van der Waals surface area contributed by atoms with Crippen molar-refractivity contribution in [3.8, 4) is 0 Å². The van der Waals surface area contributed by atoms with Crippen LogP contribution in [0.25, 0.3) is 10.9 Å². The van der Waals surface area contributed by atoms with Gasteiger partial charge in [0.2, 0.25) is 5.91 Å². The Hall–Kier alpha value is -3.80. The number of para-hydroxylation sites is 2. The summed E-state index contributed by atoms with van der Waals surface area (Å²) in [6.45, 7) is 3.78. The number of anilines is 3. The zero-order valence-corrected chi connectivity index (χ0v) is 17.3. The van der Waals surface area contributed by atoms with E-state index in [0.29, 0.717) is 6.42 Å². The molecule has 3 heterocycles. The lowest BCUT2D eigenvalue weighted by molar-refractivity contribution is -0.115. The Morgan fingerprint density at radius 3 is 2.42 bits per heavy atom. The molecule has 156 valence electrons. The molecule has 2 aromatic carbocycles. The number of carbonyl (C=O) groups is 1. The normalized spacial score (nSPS) is 14.1. The molecule has 1 aliphatic heterocycles. The maximum absolute atomic E-state index is 12.5. The summed E-state index contributed by atoms with van der Waals surface area (Å²) in [5.74, 6) is 0.901. The molecule has 2 N–H and O–H groups in total. The zero-order valence-electron chi connectivity index (χ0n) is 17.3. The molecule has 31 heavy (non-hydrogen) atoms. The third-order valence-electron chi connectivity index (χ3n) is 5.78. The third-order valence-corrected chi connectivity index (χ3v) is 5.78. The molecule has 0 radical (unpaired) electrons. The second-order valence-corrected chi connectivity index (χ2v) is 7.80. The molecule has 0 bridgehead atoms. The molecular weight excluding hydrogens is 386 g/mol. The summed E-state index contributed by atoms with van der Waals surface area (Å²) in [7, 11) is 0. The summed E-state index contributed by atoms with van der Waals surface area (Å²) in [5, 5.41) is 4.05. The van der Waals surface area contributed by atoms with Crippen molar-refractivity contribution in [3.63, 3.8) is 0 Å². The van der Waals surface area contributed by atoms with Gasteiger partial charge in [-0.1, -0.05) is 36.4 Å². The number of hydrogen-bond donors (Lipinski definition) is 2. The lowest BCUT2D eigenvalue weighted by Crippen LogP contribution is -2.46. The molecule has 6 heteroatoms. The number of nitrogens with one attached hydrogen (secondary N) is 2. The number of carbonyl (C=O) groups excluding carboxylic acids is 1. The van der Waals surface area contributed by atoms with Crippen LogP contribution >= 0.6 is 0 Å². The van der Waals surface area contributed by atoms with E-state index in [1.165, 1.54) is 5.69 Å². The van der Waals surface area contributed by atoms with Crippen LogP contribution in [0.2, 0.25) is 0 Å². The Morgan fingerprint density at radius 2 is 1.65 bits per heavy atom. The highest BCUT2D eigenvalue weighted by atomic mass is 16.1. The van der Waals surface area contributed by atoms with Crippen LogP contribution in [0.15, 0.2) is 79.1 Å². The van der Waals surface area contributed by atoms with E-state index in [9.17, 15) is 4.79 Å².